The van der Waals surface area contributed by atoms with Gasteiger partial charge in [-0.05, 0) is 44.1 Å². The molecule has 0 unspecified atom stereocenters. The minimum Gasteiger partial charge on any atom is -0.504 e. The molecule has 1 spiro atoms. The van der Waals surface area contributed by atoms with E-state index in [4.69, 9.17) is 9.47 Å². The van der Waals surface area contributed by atoms with Crippen molar-refractivity contribution in [3.63, 3.8) is 0 Å². The van der Waals surface area contributed by atoms with Crippen LogP contribution in [0.4, 0.5) is 0 Å². The molecule has 2 heterocycles. The van der Waals surface area contributed by atoms with Gasteiger partial charge in [-0.2, -0.15) is 0 Å². The van der Waals surface area contributed by atoms with E-state index in [9.17, 15) is 29.7 Å². The molecule has 0 aromatic heterocycles. The number of aliphatic carboxylic acids is 1. The summed E-state index contributed by atoms with van der Waals surface area (Å²) < 4.78 is 11.9. The van der Waals surface area contributed by atoms with E-state index in [1.165, 1.54) is 0 Å². The highest BCUT2D eigenvalue weighted by Crippen LogP contribution is 2.65. The number of phenols is 1. The number of benzene rings is 1. The number of likely N-dealkylation sites (N-methyl/N-ethyl adjacent to an activating group) is 1. The maximum absolute atomic E-state index is 12.8. The second-order valence-corrected chi connectivity index (χ2v) is 10.3. The van der Waals surface area contributed by atoms with Crippen LogP contribution in [-0.2, 0) is 31.0 Å². The van der Waals surface area contributed by atoms with Crippen molar-refractivity contribution in [1.82, 2.24) is 10.2 Å². The molecule has 2 aliphatic carbocycles. The van der Waals surface area contributed by atoms with Gasteiger partial charge in [0.25, 0.3) is 0 Å². The first-order valence-electron chi connectivity index (χ1n) is 11.9. The van der Waals surface area contributed by atoms with Crippen LogP contribution in [0.5, 0.6) is 11.5 Å². The lowest BCUT2D eigenvalue weighted by Crippen LogP contribution is -2.74. The van der Waals surface area contributed by atoms with Gasteiger partial charge in [0.05, 0.1) is 17.4 Å². The number of carbonyl (C=O) groups excluding carboxylic acids is 2. The van der Waals surface area contributed by atoms with E-state index >= 15 is 0 Å². The first-order chi connectivity index (χ1) is 16.5. The van der Waals surface area contributed by atoms with Crippen LogP contribution in [0.3, 0.4) is 0 Å². The Hall–Kier alpha value is -3.11. The van der Waals surface area contributed by atoms with Gasteiger partial charge in [-0.3, -0.25) is 9.59 Å². The second kappa shape index (κ2) is 7.96. The van der Waals surface area contributed by atoms with E-state index in [0.29, 0.717) is 25.1 Å². The summed E-state index contributed by atoms with van der Waals surface area (Å²) in [6.07, 6.45) is 1.56. The molecule has 5 rings (SSSR count). The highest BCUT2D eigenvalue weighted by molar-refractivity contribution is 5.88. The number of carbonyl (C=O) groups is 3. The standard InChI is InChI=1S/C25H30N2O8/c1-12(2)22(30)26-14(23(31)32)11-18(29)34-16-6-7-25(33)17-10-13-4-5-15(28)20-19(13)24(25,21(16)35-20)8-9-27(17)3/h4-6,12,14,17,21,28,33H,7-11H2,1-3H3,(H,26,30)(H,31,32)/t14-,17+,21-,24-,25+/m0/s1. The van der Waals surface area contributed by atoms with E-state index < -0.39 is 53.3 Å². The maximum atomic E-state index is 12.8. The normalized spacial score (nSPS) is 31.2. The van der Waals surface area contributed by atoms with Crippen LogP contribution in [0.15, 0.2) is 24.0 Å². The molecule has 0 radical (unpaired) electrons. The molecule has 2 bridgehead atoms. The number of carboxylic acid groups (broad SMARTS) is 1. The number of carboxylic acids is 1. The summed E-state index contributed by atoms with van der Waals surface area (Å²) in [4.78, 5) is 38.6. The van der Waals surface area contributed by atoms with Crippen molar-refractivity contribution in [2.45, 2.75) is 68.7 Å². The molecule has 1 aromatic carbocycles. The zero-order chi connectivity index (χ0) is 25.3. The Kier molecular flexibility index (Phi) is 5.37. The summed E-state index contributed by atoms with van der Waals surface area (Å²) in [5.41, 5.74) is -0.351. The first-order valence-corrected chi connectivity index (χ1v) is 11.9. The van der Waals surface area contributed by atoms with Gasteiger partial charge < -0.3 is 35.0 Å². The topological polar surface area (TPSA) is 146 Å². The van der Waals surface area contributed by atoms with Crippen LogP contribution in [-0.4, -0.2) is 75.4 Å². The zero-order valence-electron chi connectivity index (χ0n) is 19.9. The number of hydrogen-bond donors (Lipinski definition) is 4. The van der Waals surface area contributed by atoms with E-state index in [0.717, 1.165) is 11.1 Å². The molecule has 10 heteroatoms. The lowest BCUT2D eigenvalue weighted by molar-refractivity contribution is -0.169. The average molecular weight is 487 g/mol. The van der Waals surface area contributed by atoms with Crippen molar-refractivity contribution < 1.29 is 39.2 Å². The Morgan fingerprint density at radius 3 is 2.74 bits per heavy atom. The van der Waals surface area contributed by atoms with Crippen molar-refractivity contribution in [2.75, 3.05) is 13.6 Å². The summed E-state index contributed by atoms with van der Waals surface area (Å²) >= 11 is 0. The second-order valence-electron chi connectivity index (χ2n) is 10.3. The van der Waals surface area contributed by atoms with Gasteiger partial charge in [0.1, 0.15) is 11.8 Å². The Morgan fingerprint density at radius 1 is 1.31 bits per heavy atom. The molecule has 35 heavy (non-hydrogen) atoms. The summed E-state index contributed by atoms with van der Waals surface area (Å²) in [5, 5.41) is 34.5. The Bertz CT molecular complexity index is 1150. The Morgan fingerprint density at radius 2 is 2.06 bits per heavy atom. The molecule has 1 aromatic rings. The number of amides is 1. The Balaban J connectivity index is 1.46. The largest absolute Gasteiger partial charge is 0.504 e. The van der Waals surface area contributed by atoms with E-state index in [1.54, 1.807) is 26.0 Å². The summed E-state index contributed by atoms with van der Waals surface area (Å²) in [6.45, 7) is 3.93. The highest BCUT2D eigenvalue weighted by atomic mass is 16.6. The van der Waals surface area contributed by atoms with Gasteiger partial charge in [0.15, 0.2) is 17.6 Å². The van der Waals surface area contributed by atoms with Gasteiger partial charge in [0, 0.05) is 23.9 Å². The van der Waals surface area contributed by atoms with Crippen LogP contribution in [0.1, 0.15) is 44.2 Å². The van der Waals surface area contributed by atoms with Gasteiger partial charge in [-0.1, -0.05) is 19.9 Å². The number of phenolic OH excluding ortho intramolecular Hbond substituents is 1. The van der Waals surface area contributed by atoms with Crippen molar-refractivity contribution in [1.29, 1.82) is 0 Å². The number of esters is 1. The fourth-order valence-electron chi connectivity index (χ4n) is 6.32. The number of rotatable bonds is 6. The molecule has 188 valence electrons. The average Bonchev–Trinajstić information content (AvgIpc) is 3.15. The summed E-state index contributed by atoms with van der Waals surface area (Å²) in [6, 6.07) is 1.82. The number of nitrogens with one attached hydrogen (secondary N) is 1. The lowest BCUT2D eigenvalue weighted by Gasteiger charge is -2.61. The predicted molar refractivity (Wildman–Crippen MR) is 122 cm³/mol. The summed E-state index contributed by atoms with van der Waals surface area (Å²) in [5.74, 6) is -2.66. The number of aromatic hydroxyl groups is 1. The van der Waals surface area contributed by atoms with Crippen LogP contribution in [0.2, 0.25) is 0 Å². The first kappa shape index (κ1) is 23.6. The SMILES string of the molecule is CC(C)C(=O)N[C@@H](CC(=O)OC1=CC[C@@]2(O)[C@H]3Cc4ccc(O)c5c4[C@@]2(CCN3C)[C@H]1O5)C(=O)O. The highest BCUT2D eigenvalue weighted by Gasteiger charge is 2.72. The predicted octanol–water partition coefficient (Wildman–Crippen LogP) is 0.829. The third kappa shape index (κ3) is 3.26. The monoisotopic (exact) mass is 486 g/mol. The molecular weight excluding hydrogens is 456 g/mol. The van der Waals surface area contributed by atoms with Crippen molar-refractivity contribution in [3.05, 3.63) is 35.1 Å². The number of likely N-dealkylation sites (tertiary alicyclic amines) is 1. The van der Waals surface area contributed by atoms with Crippen molar-refractivity contribution in [2.24, 2.45) is 5.92 Å². The van der Waals surface area contributed by atoms with E-state index in [1.807, 2.05) is 13.1 Å². The van der Waals surface area contributed by atoms with Crippen molar-refractivity contribution in [3.8, 4) is 11.5 Å². The van der Waals surface area contributed by atoms with Gasteiger partial charge in [-0.25, -0.2) is 4.79 Å². The molecule has 4 N–H and O–H groups in total. The number of nitrogens with zero attached hydrogens (tertiary/aromatic N) is 1. The third-order valence-electron chi connectivity index (χ3n) is 8.09. The van der Waals surface area contributed by atoms with Crippen LogP contribution in [0, 0.1) is 5.92 Å². The molecule has 1 amide bonds. The van der Waals surface area contributed by atoms with Crippen LogP contribution >= 0.6 is 0 Å². The molecule has 0 saturated carbocycles. The lowest BCUT2D eigenvalue weighted by atomic mass is 9.50. The fourth-order valence-corrected chi connectivity index (χ4v) is 6.32. The number of piperidine rings is 1. The molecule has 2 aliphatic heterocycles. The number of hydrogen-bond acceptors (Lipinski definition) is 8. The molecule has 5 atom stereocenters. The van der Waals surface area contributed by atoms with Gasteiger partial charge >= 0.3 is 11.9 Å². The molecule has 10 nitrogen and oxygen atoms in total. The molecule has 1 fully saturated rings. The van der Waals surface area contributed by atoms with Gasteiger partial charge in [0.2, 0.25) is 5.91 Å². The van der Waals surface area contributed by atoms with Crippen LogP contribution < -0.4 is 10.1 Å². The smallest absolute Gasteiger partial charge is 0.326 e. The fraction of sp³-hybridized carbons (Fsp3) is 0.560. The molecule has 1 saturated heterocycles. The molecular formula is C25H30N2O8. The quantitative estimate of drug-likeness (QED) is 0.430. The third-order valence-corrected chi connectivity index (χ3v) is 8.09. The van der Waals surface area contributed by atoms with Gasteiger partial charge in [-0.15, -0.1) is 0 Å². The number of aliphatic hydroxyl groups is 1. The van der Waals surface area contributed by atoms with E-state index in [-0.39, 0.29) is 24.0 Å². The molecule has 4 aliphatic rings. The maximum Gasteiger partial charge on any atom is 0.326 e. The Labute approximate surface area is 202 Å². The van der Waals surface area contributed by atoms with Crippen LogP contribution in [0.25, 0.3) is 0 Å². The van der Waals surface area contributed by atoms with E-state index in [2.05, 4.69) is 10.2 Å². The zero-order valence-corrected chi connectivity index (χ0v) is 19.9. The minimum atomic E-state index is -1.43. The minimum absolute atomic E-state index is 0.0414. The number of ether oxygens (including phenoxy) is 2. The summed E-state index contributed by atoms with van der Waals surface area (Å²) in [7, 11) is 1.98. The van der Waals surface area contributed by atoms with Crippen molar-refractivity contribution >= 4 is 17.8 Å².